The van der Waals surface area contributed by atoms with Crippen LogP contribution in [0.5, 0.6) is 0 Å². The van der Waals surface area contributed by atoms with Crippen molar-refractivity contribution < 1.29 is 9.90 Å². The maximum absolute atomic E-state index is 10.9. The standard InChI is InChI=1S/C10H13NO2S/c1-2-7-14-10(11)6-4-3-5-8(10)9(12)13/h2-6,8H,1,7,11H2,(H,12,13). The van der Waals surface area contributed by atoms with E-state index >= 15 is 0 Å². The molecule has 0 aromatic carbocycles. The summed E-state index contributed by atoms with van der Waals surface area (Å²) in [5.41, 5.74) is 5.99. The van der Waals surface area contributed by atoms with Crippen molar-refractivity contribution in [3.8, 4) is 0 Å². The summed E-state index contributed by atoms with van der Waals surface area (Å²) in [6.07, 6.45) is 8.52. The third-order valence-corrected chi connectivity index (χ3v) is 3.27. The first-order valence-corrected chi connectivity index (χ1v) is 5.21. The van der Waals surface area contributed by atoms with Crippen molar-refractivity contribution in [2.45, 2.75) is 4.87 Å². The zero-order valence-electron chi connectivity index (χ0n) is 7.72. The van der Waals surface area contributed by atoms with Gasteiger partial charge in [0, 0.05) is 5.75 Å². The molecule has 0 saturated heterocycles. The molecule has 0 fully saturated rings. The molecule has 0 bridgehead atoms. The lowest BCUT2D eigenvalue weighted by Gasteiger charge is -2.31. The van der Waals surface area contributed by atoms with Gasteiger partial charge in [-0.05, 0) is 0 Å². The van der Waals surface area contributed by atoms with Crippen LogP contribution in [0, 0.1) is 5.92 Å². The fraction of sp³-hybridized carbons (Fsp3) is 0.300. The molecule has 0 aromatic rings. The molecule has 0 radical (unpaired) electrons. The Bertz CT molecular complexity index is 298. The van der Waals surface area contributed by atoms with Crippen molar-refractivity contribution in [2.24, 2.45) is 11.7 Å². The van der Waals surface area contributed by atoms with Gasteiger partial charge in [-0.3, -0.25) is 4.79 Å². The Morgan fingerprint density at radius 3 is 3.00 bits per heavy atom. The zero-order chi connectivity index (χ0) is 10.6. The van der Waals surface area contributed by atoms with Crippen LogP contribution in [0.1, 0.15) is 0 Å². The Hall–Kier alpha value is -1.00. The molecule has 1 aliphatic carbocycles. The summed E-state index contributed by atoms with van der Waals surface area (Å²) in [4.78, 5) is 10.1. The van der Waals surface area contributed by atoms with Gasteiger partial charge in [0.1, 0.15) is 5.92 Å². The molecule has 14 heavy (non-hydrogen) atoms. The average molecular weight is 211 g/mol. The highest BCUT2D eigenvalue weighted by atomic mass is 32.2. The van der Waals surface area contributed by atoms with E-state index in [-0.39, 0.29) is 0 Å². The van der Waals surface area contributed by atoms with Crippen LogP contribution >= 0.6 is 11.8 Å². The predicted molar refractivity (Wildman–Crippen MR) is 59.0 cm³/mol. The summed E-state index contributed by atoms with van der Waals surface area (Å²) >= 11 is 1.38. The second kappa shape index (κ2) is 4.48. The van der Waals surface area contributed by atoms with E-state index in [2.05, 4.69) is 6.58 Å². The van der Waals surface area contributed by atoms with Crippen LogP contribution in [-0.4, -0.2) is 21.7 Å². The highest BCUT2D eigenvalue weighted by Crippen LogP contribution is 2.33. The molecule has 3 nitrogen and oxygen atoms in total. The van der Waals surface area contributed by atoms with Gasteiger partial charge >= 0.3 is 5.97 Å². The van der Waals surface area contributed by atoms with Gasteiger partial charge in [-0.25, -0.2) is 0 Å². The molecule has 4 heteroatoms. The second-order valence-corrected chi connectivity index (χ2v) is 4.34. The lowest BCUT2D eigenvalue weighted by Crippen LogP contribution is -2.46. The maximum Gasteiger partial charge on any atom is 0.313 e. The van der Waals surface area contributed by atoms with Gasteiger partial charge < -0.3 is 10.8 Å². The third kappa shape index (κ3) is 2.27. The van der Waals surface area contributed by atoms with Crippen LogP contribution in [0.4, 0.5) is 0 Å². The average Bonchev–Trinajstić information content (AvgIpc) is 2.15. The first kappa shape index (κ1) is 11.1. The zero-order valence-corrected chi connectivity index (χ0v) is 8.54. The molecule has 0 aromatic heterocycles. The molecule has 0 spiro atoms. The molecule has 1 rings (SSSR count). The van der Waals surface area contributed by atoms with Gasteiger partial charge in [-0.2, -0.15) is 0 Å². The van der Waals surface area contributed by atoms with Gasteiger partial charge in [0.05, 0.1) is 4.87 Å². The number of carbonyl (C=O) groups is 1. The molecular formula is C10H13NO2S. The number of allylic oxidation sites excluding steroid dienone is 2. The summed E-state index contributed by atoms with van der Waals surface area (Å²) < 4.78 is 0. The fourth-order valence-corrected chi connectivity index (χ4v) is 2.19. The molecule has 76 valence electrons. The smallest absolute Gasteiger partial charge is 0.313 e. The van der Waals surface area contributed by atoms with Gasteiger partial charge in [0.25, 0.3) is 0 Å². The van der Waals surface area contributed by atoms with Crippen molar-refractivity contribution in [3.05, 3.63) is 37.0 Å². The Balaban J connectivity index is 2.81. The Kier molecular flexibility index (Phi) is 3.55. The summed E-state index contributed by atoms with van der Waals surface area (Å²) in [5, 5.41) is 8.97. The summed E-state index contributed by atoms with van der Waals surface area (Å²) in [7, 11) is 0. The largest absolute Gasteiger partial charge is 0.481 e. The molecule has 0 saturated carbocycles. The highest BCUT2D eigenvalue weighted by molar-refractivity contribution is 8.00. The van der Waals surface area contributed by atoms with Crippen molar-refractivity contribution >= 4 is 17.7 Å². The summed E-state index contributed by atoms with van der Waals surface area (Å²) in [6.45, 7) is 3.58. The van der Waals surface area contributed by atoms with E-state index in [4.69, 9.17) is 10.8 Å². The van der Waals surface area contributed by atoms with Crippen LogP contribution in [0.2, 0.25) is 0 Å². The Labute approximate surface area is 87.4 Å². The van der Waals surface area contributed by atoms with Crippen LogP contribution in [0.25, 0.3) is 0 Å². The minimum absolute atomic E-state index is 0.637. The highest BCUT2D eigenvalue weighted by Gasteiger charge is 2.37. The van der Waals surface area contributed by atoms with E-state index in [1.54, 1.807) is 30.4 Å². The summed E-state index contributed by atoms with van der Waals surface area (Å²) in [6, 6.07) is 0. The number of carboxylic acids is 1. The molecule has 0 amide bonds. The molecule has 2 unspecified atom stereocenters. The number of rotatable bonds is 4. The minimum Gasteiger partial charge on any atom is -0.481 e. The van der Waals surface area contributed by atoms with E-state index < -0.39 is 16.8 Å². The van der Waals surface area contributed by atoms with E-state index in [0.29, 0.717) is 5.75 Å². The normalized spacial score (nSPS) is 30.2. The van der Waals surface area contributed by atoms with Crippen molar-refractivity contribution in [1.82, 2.24) is 0 Å². The molecule has 0 aliphatic heterocycles. The molecule has 0 heterocycles. The minimum atomic E-state index is -0.898. The second-order valence-electron chi connectivity index (χ2n) is 3.01. The van der Waals surface area contributed by atoms with Gasteiger partial charge in [-0.1, -0.05) is 30.4 Å². The van der Waals surface area contributed by atoms with Gasteiger partial charge in [0.2, 0.25) is 0 Å². The van der Waals surface area contributed by atoms with Crippen molar-refractivity contribution in [2.75, 3.05) is 5.75 Å². The lowest BCUT2D eigenvalue weighted by atomic mass is 9.95. The van der Waals surface area contributed by atoms with E-state index in [1.807, 2.05) is 0 Å². The first-order chi connectivity index (χ1) is 6.60. The Morgan fingerprint density at radius 1 is 1.71 bits per heavy atom. The molecule has 2 atom stereocenters. The quantitative estimate of drug-likeness (QED) is 0.545. The SMILES string of the molecule is C=CCSC1(N)C=CC=CC1C(=O)O. The molecular weight excluding hydrogens is 198 g/mol. The van der Waals surface area contributed by atoms with Crippen LogP contribution in [0.15, 0.2) is 37.0 Å². The fourth-order valence-electron chi connectivity index (χ4n) is 1.25. The maximum atomic E-state index is 10.9. The number of hydrogen-bond donors (Lipinski definition) is 2. The van der Waals surface area contributed by atoms with Crippen LogP contribution in [0.3, 0.4) is 0 Å². The molecule has 3 N–H and O–H groups in total. The molecule has 1 aliphatic rings. The van der Waals surface area contributed by atoms with Crippen LogP contribution < -0.4 is 5.73 Å². The predicted octanol–water partition coefficient (Wildman–Crippen LogP) is 1.39. The number of nitrogens with two attached hydrogens (primary N) is 1. The van der Waals surface area contributed by atoms with Gasteiger partial charge in [0.15, 0.2) is 0 Å². The summed E-state index contributed by atoms with van der Waals surface area (Å²) in [5.74, 6) is -0.930. The third-order valence-electron chi connectivity index (χ3n) is 1.97. The van der Waals surface area contributed by atoms with E-state index in [9.17, 15) is 4.79 Å². The van der Waals surface area contributed by atoms with E-state index in [0.717, 1.165) is 0 Å². The monoisotopic (exact) mass is 211 g/mol. The number of carboxylic acid groups (broad SMARTS) is 1. The topological polar surface area (TPSA) is 63.3 Å². The van der Waals surface area contributed by atoms with Crippen LogP contribution in [-0.2, 0) is 4.79 Å². The number of thioether (sulfide) groups is 1. The number of hydrogen-bond acceptors (Lipinski definition) is 3. The van der Waals surface area contributed by atoms with Gasteiger partial charge in [-0.15, -0.1) is 18.3 Å². The van der Waals surface area contributed by atoms with E-state index in [1.165, 1.54) is 11.8 Å². The lowest BCUT2D eigenvalue weighted by molar-refractivity contribution is -0.140. The van der Waals surface area contributed by atoms with Crippen molar-refractivity contribution in [1.29, 1.82) is 0 Å². The Morgan fingerprint density at radius 2 is 2.43 bits per heavy atom. The first-order valence-electron chi connectivity index (χ1n) is 4.23. The van der Waals surface area contributed by atoms with Crippen molar-refractivity contribution in [3.63, 3.8) is 0 Å². The number of aliphatic carboxylic acids is 1.